The van der Waals surface area contributed by atoms with Gasteiger partial charge >= 0.3 is 0 Å². The average molecular weight is 197 g/mol. The molecule has 0 aliphatic carbocycles. The lowest BCUT2D eigenvalue weighted by atomic mass is 10.1. The number of thiazole rings is 1. The summed E-state index contributed by atoms with van der Waals surface area (Å²) in [4.78, 5) is 8.05. The number of aromatic nitrogens is 1. The Morgan fingerprint density at radius 2 is 2.46 bits per heavy atom. The first-order valence-electron chi connectivity index (χ1n) is 4.57. The SMILES string of the molecule is Cc1ncsc1CN(C)C1CNC1. The molecule has 0 bridgehead atoms. The zero-order chi connectivity index (χ0) is 9.26. The second-order valence-corrected chi connectivity index (χ2v) is 4.53. The van der Waals surface area contributed by atoms with E-state index in [1.807, 2.05) is 5.51 Å². The standard InChI is InChI=1S/C9H15N3S/c1-7-9(13-6-11-7)5-12(2)8-3-10-4-8/h6,8,10H,3-5H2,1-2H3. The van der Waals surface area contributed by atoms with Crippen molar-refractivity contribution in [2.45, 2.75) is 19.5 Å². The van der Waals surface area contributed by atoms with E-state index in [0.717, 1.165) is 25.7 Å². The van der Waals surface area contributed by atoms with Gasteiger partial charge in [0, 0.05) is 30.6 Å². The summed E-state index contributed by atoms with van der Waals surface area (Å²) in [6, 6.07) is 0.724. The number of hydrogen-bond acceptors (Lipinski definition) is 4. The Bertz CT molecular complexity index is 280. The molecular formula is C9H15N3S. The van der Waals surface area contributed by atoms with Crippen molar-refractivity contribution in [3.8, 4) is 0 Å². The number of nitrogens with one attached hydrogen (secondary N) is 1. The van der Waals surface area contributed by atoms with Crippen LogP contribution in [0.5, 0.6) is 0 Å². The monoisotopic (exact) mass is 197 g/mol. The first-order chi connectivity index (χ1) is 6.27. The Labute approximate surface area is 82.8 Å². The van der Waals surface area contributed by atoms with Crippen LogP contribution >= 0.6 is 11.3 Å². The summed E-state index contributed by atoms with van der Waals surface area (Å²) in [5, 5.41) is 3.28. The van der Waals surface area contributed by atoms with Crippen LogP contribution in [0.3, 0.4) is 0 Å². The minimum atomic E-state index is 0.724. The van der Waals surface area contributed by atoms with E-state index in [4.69, 9.17) is 0 Å². The molecule has 1 N–H and O–H groups in total. The molecule has 0 atom stereocenters. The van der Waals surface area contributed by atoms with Crippen LogP contribution < -0.4 is 5.32 Å². The predicted octanol–water partition coefficient (Wildman–Crippen LogP) is 0.855. The van der Waals surface area contributed by atoms with Crippen molar-refractivity contribution in [1.82, 2.24) is 15.2 Å². The number of hydrogen-bond donors (Lipinski definition) is 1. The Hall–Kier alpha value is -0.450. The summed E-state index contributed by atoms with van der Waals surface area (Å²) in [5.41, 5.74) is 3.11. The van der Waals surface area contributed by atoms with E-state index in [1.165, 1.54) is 10.6 Å². The van der Waals surface area contributed by atoms with Crippen molar-refractivity contribution in [2.75, 3.05) is 20.1 Å². The number of rotatable bonds is 3. The van der Waals surface area contributed by atoms with Crippen LogP contribution in [0.25, 0.3) is 0 Å². The molecule has 1 fully saturated rings. The van der Waals surface area contributed by atoms with Crippen LogP contribution in [0.15, 0.2) is 5.51 Å². The topological polar surface area (TPSA) is 28.2 Å². The molecule has 13 heavy (non-hydrogen) atoms. The van der Waals surface area contributed by atoms with Crippen molar-refractivity contribution < 1.29 is 0 Å². The van der Waals surface area contributed by atoms with Gasteiger partial charge in [-0.25, -0.2) is 4.98 Å². The maximum Gasteiger partial charge on any atom is 0.0798 e. The fraction of sp³-hybridized carbons (Fsp3) is 0.667. The molecule has 1 aromatic rings. The highest BCUT2D eigenvalue weighted by Gasteiger charge is 2.21. The van der Waals surface area contributed by atoms with Gasteiger partial charge in [-0.05, 0) is 14.0 Å². The summed E-state index contributed by atoms with van der Waals surface area (Å²) in [6.45, 7) is 5.39. The lowest BCUT2D eigenvalue weighted by Gasteiger charge is -2.35. The zero-order valence-electron chi connectivity index (χ0n) is 8.08. The maximum atomic E-state index is 4.25. The van der Waals surface area contributed by atoms with Gasteiger partial charge in [-0.3, -0.25) is 4.90 Å². The molecule has 0 aromatic carbocycles. The molecule has 2 rings (SSSR count). The predicted molar refractivity (Wildman–Crippen MR) is 55.0 cm³/mol. The van der Waals surface area contributed by atoms with E-state index in [0.29, 0.717) is 0 Å². The Morgan fingerprint density at radius 3 is 2.92 bits per heavy atom. The van der Waals surface area contributed by atoms with Crippen LogP contribution in [0.1, 0.15) is 10.6 Å². The normalized spacial score (nSPS) is 17.8. The second-order valence-electron chi connectivity index (χ2n) is 3.59. The first kappa shape index (κ1) is 9.12. The minimum Gasteiger partial charge on any atom is -0.314 e. The summed E-state index contributed by atoms with van der Waals surface area (Å²) in [6.07, 6.45) is 0. The number of nitrogens with zero attached hydrogens (tertiary/aromatic N) is 2. The van der Waals surface area contributed by atoms with Gasteiger partial charge in [0.05, 0.1) is 11.2 Å². The van der Waals surface area contributed by atoms with Crippen molar-refractivity contribution in [3.05, 3.63) is 16.1 Å². The zero-order valence-corrected chi connectivity index (χ0v) is 8.90. The molecule has 0 radical (unpaired) electrons. The van der Waals surface area contributed by atoms with E-state index in [9.17, 15) is 0 Å². The lowest BCUT2D eigenvalue weighted by molar-refractivity contribution is 0.174. The Kier molecular flexibility index (Phi) is 2.62. The Morgan fingerprint density at radius 1 is 1.69 bits per heavy atom. The molecule has 1 aliphatic heterocycles. The fourth-order valence-electron chi connectivity index (χ4n) is 1.42. The highest BCUT2D eigenvalue weighted by Crippen LogP contribution is 2.16. The highest BCUT2D eigenvalue weighted by molar-refractivity contribution is 7.09. The summed E-state index contributed by atoms with van der Waals surface area (Å²) in [7, 11) is 2.19. The lowest BCUT2D eigenvalue weighted by Crippen LogP contribution is -2.55. The number of aryl methyl sites for hydroxylation is 1. The molecular weight excluding hydrogens is 182 g/mol. The van der Waals surface area contributed by atoms with Crippen molar-refractivity contribution in [3.63, 3.8) is 0 Å². The molecule has 1 saturated heterocycles. The molecule has 72 valence electrons. The van der Waals surface area contributed by atoms with E-state index >= 15 is 0 Å². The molecule has 0 unspecified atom stereocenters. The maximum absolute atomic E-state index is 4.25. The van der Waals surface area contributed by atoms with Crippen LogP contribution in [0.2, 0.25) is 0 Å². The van der Waals surface area contributed by atoms with Gasteiger partial charge in [-0.1, -0.05) is 0 Å². The molecule has 4 heteroatoms. The molecule has 1 aliphatic rings. The van der Waals surface area contributed by atoms with Crippen LogP contribution in [-0.4, -0.2) is 36.1 Å². The average Bonchev–Trinajstić information content (AvgIpc) is 2.32. The van der Waals surface area contributed by atoms with Gasteiger partial charge in [0.2, 0.25) is 0 Å². The quantitative estimate of drug-likeness (QED) is 0.779. The summed E-state index contributed by atoms with van der Waals surface area (Å²) < 4.78 is 0. The van der Waals surface area contributed by atoms with Gasteiger partial charge in [0.25, 0.3) is 0 Å². The summed E-state index contributed by atoms with van der Waals surface area (Å²) >= 11 is 1.76. The van der Waals surface area contributed by atoms with Crippen molar-refractivity contribution in [1.29, 1.82) is 0 Å². The van der Waals surface area contributed by atoms with Crippen LogP contribution in [-0.2, 0) is 6.54 Å². The second kappa shape index (κ2) is 3.74. The van der Waals surface area contributed by atoms with E-state index in [1.54, 1.807) is 11.3 Å². The van der Waals surface area contributed by atoms with Crippen molar-refractivity contribution in [2.24, 2.45) is 0 Å². The minimum absolute atomic E-state index is 0.724. The van der Waals surface area contributed by atoms with E-state index in [2.05, 4.69) is 29.2 Å². The first-order valence-corrected chi connectivity index (χ1v) is 5.45. The van der Waals surface area contributed by atoms with Gasteiger partial charge in [-0.2, -0.15) is 0 Å². The number of likely N-dealkylation sites (N-methyl/N-ethyl adjacent to an activating group) is 1. The van der Waals surface area contributed by atoms with Crippen LogP contribution in [0.4, 0.5) is 0 Å². The molecule has 1 aromatic heterocycles. The highest BCUT2D eigenvalue weighted by atomic mass is 32.1. The summed E-state index contributed by atoms with van der Waals surface area (Å²) in [5.74, 6) is 0. The molecule has 2 heterocycles. The van der Waals surface area contributed by atoms with E-state index < -0.39 is 0 Å². The molecule has 0 amide bonds. The van der Waals surface area contributed by atoms with Gasteiger partial charge in [0.1, 0.15) is 0 Å². The third kappa shape index (κ3) is 1.90. The van der Waals surface area contributed by atoms with Crippen molar-refractivity contribution >= 4 is 11.3 Å². The Balaban J connectivity index is 1.93. The van der Waals surface area contributed by atoms with Gasteiger partial charge in [-0.15, -0.1) is 11.3 Å². The third-order valence-corrected chi connectivity index (χ3v) is 3.54. The van der Waals surface area contributed by atoms with Gasteiger partial charge < -0.3 is 5.32 Å². The smallest absolute Gasteiger partial charge is 0.0798 e. The van der Waals surface area contributed by atoms with Gasteiger partial charge in [0.15, 0.2) is 0 Å². The third-order valence-electron chi connectivity index (χ3n) is 2.62. The molecule has 0 spiro atoms. The molecule has 0 saturated carbocycles. The fourth-order valence-corrected chi connectivity index (χ4v) is 2.26. The van der Waals surface area contributed by atoms with Crippen LogP contribution in [0, 0.1) is 6.92 Å². The van der Waals surface area contributed by atoms with E-state index in [-0.39, 0.29) is 0 Å². The molecule has 3 nitrogen and oxygen atoms in total. The largest absolute Gasteiger partial charge is 0.314 e.